The van der Waals surface area contributed by atoms with Crippen LogP contribution in [0.2, 0.25) is 0 Å². The molecule has 0 aromatic rings. The van der Waals surface area contributed by atoms with Crippen LogP contribution in [0.25, 0.3) is 0 Å². The van der Waals surface area contributed by atoms with Gasteiger partial charge in [-0.05, 0) is 0 Å². The first-order chi connectivity index (χ1) is 0. The van der Waals surface area contributed by atoms with Crippen LogP contribution in [0.4, 0.5) is 0 Å². The monoisotopic (exact) mass is 183 g/mol. The number of hydrogen-bond donors (Lipinski definition) is 0. The Morgan fingerprint density at radius 3 is 0.600 bits per heavy atom. The van der Waals surface area contributed by atoms with E-state index in [1.807, 2.05) is 0 Å². The molecule has 0 aliphatic rings. The standard InChI is InChI=1S/Al.3ClH.V/h;3*1H;/q+3;;;;/p-3. The molecule has 0 atom stereocenters. The van der Waals surface area contributed by atoms with Gasteiger partial charge in [0.2, 0.25) is 0 Å². The van der Waals surface area contributed by atoms with Crippen molar-refractivity contribution in [1.29, 1.82) is 0 Å². The van der Waals surface area contributed by atoms with Crippen LogP contribution in [0.5, 0.6) is 0 Å². The molecule has 0 amide bonds. The van der Waals surface area contributed by atoms with Crippen molar-refractivity contribution in [3.63, 3.8) is 0 Å². The average molecular weight is 184 g/mol. The zero-order valence-electron chi connectivity index (χ0n) is 2.16. The predicted molar refractivity (Wildman–Crippen MR) is 5.75 cm³/mol. The van der Waals surface area contributed by atoms with Gasteiger partial charge >= 0.3 is 17.4 Å². The van der Waals surface area contributed by atoms with E-state index in [0.29, 0.717) is 0 Å². The molecule has 0 heterocycles. The molecule has 0 fully saturated rings. The van der Waals surface area contributed by atoms with Crippen LogP contribution < -0.4 is 37.2 Å². The fourth-order valence-corrected chi connectivity index (χ4v) is 0. The Bertz CT molecular complexity index is 6.85. The molecule has 0 saturated heterocycles. The van der Waals surface area contributed by atoms with Crippen LogP contribution in [0.1, 0.15) is 0 Å². The largest absolute Gasteiger partial charge is 3.00 e. The summed E-state index contributed by atoms with van der Waals surface area (Å²) in [5.41, 5.74) is 0. The molecule has 5 heavy (non-hydrogen) atoms. The number of hydrogen-bond acceptors (Lipinski definition) is 0. The first-order valence-electron chi connectivity index (χ1n) is 0. The molecule has 0 rings (SSSR count). The van der Waals surface area contributed by atoms with Crippen LogP contribution >= 0.6 is 0 Å². The molecule has 0 spiro atoms. The van der Waals surface area contributed by atoms with Crippen molar-refractivity contribution in [2.45, 2.75) is 0 Å². The summed E-state index contributed by atoms with van der Waals surface area (Å²) in [4.78, 5) is 0. The third-order valence-corrected chi connectivity index (χ3v) is 0. The van der Waals surface area contributed by atoms with Gasteiger partial charge in [0.25, 0.3) is 0 Å². The minimum absolute atomic E-state index is 0. The van der Waals surface area contributed by atoms with E-state index in [4.69, 9.17) is 0 Å². The molecule has 0 aromatic heterocycles. The van der Waals surface area contributed by atoms with Gasteiger partial charge in [0.15, 0.2) is 0 Å². The third-order valence-electron chi connectivity index (χ3n) is 0. The maximum absolute atomic E-state index is 0. The van der Waals surface area contributed by atoms with E-state index in [0.717, 1.165) is 0 Å². The molecule has 1 radical (unpaired) electrons. The fourth-order valence-electron chi connectivity index (χ4n) is 0. The average Bonchev–Trinajstić information content (AvgIpc) is 0. The van der Waals surface area contributed by atoms with E-state index in [2.05, 4.69) is 0 Å². The van der Waals surface area contributed by atoms with Gasteiger partial charge in [0.05, 0.1) is 0 Å². The van der Waals surface area contributed by atoms with Gasteiger partial charge in [-0.2, -0.15) is 0 Å². The van der Waals surface area contributed by atoms with Gasteiger partial charge < -0.3 is 37.2 Å². The maximum Gasteiger partial charge on any atom is 3.00 e. The molecule has 0 aliphatic carbocycles. The Morgan fingerprint density at radius 2 is 0.600 bits per heavy atom. The Hall–Kier alpha value is 1.99. The second-order valence-electron chi connectivity index (χ2n) is 0. The molecule has 0 nitrogen and oxygen atoms in total. The third kappa shape index (κ3) is 24.1. The maximum atomic E-state index is 0. The van der Waals surface area contributed by atoms with E-state index in [1.165, 1.54) is 0 Å². The summed E-state index contributed by atoms with van der Waals surface area (Å²) in [5.74, 6) is 0. The molecular formula is AlCl3V. The summed E-state index contributed by atoms with van der Waals surface area (Å²) in [7, 11) is 0. The molecule has 0 unspecified atom stereocenters. The van der Waals surface area contributed by atoms with Crippen molar-refractivity contribution in [2.24, 2.45) is 0 Å². The summed E-state index contributed by atoms with van der Waals surface area (Å²) in [6.07, 6.45) is 0. The predicted octanol–water partition coefficient (Wildman–Crippen LogP) is -9.37. The van der Waals surface area contributed by atoms with Gasteiger partial charge in [-0.1, -0.05) is 0 Å². The van der Waals surface area contributed by atoms with Gasteiger partial charge in [0.1, 0.15) is 0 Å². The van der Waals surface area contributed by atoms with Crippen molar-refractivity contribution in [1.82, 2.24) is 0 Å². The number of rotatable bonds is 0. The molecule has 5 heteroatoms. The SMILES string of the molecule is [Al+3].[Cl-].[Cl-].[Cl-].[V]. The van der Waals surface area contributed by atoms with E-state index >= 15 is 0 Å². The smallest absolute Gasteiger partial charge is 1.00 e. The quantitative estimate of drug-likeness (QED) is 0.328. The zero-order valence-corrected chi connectivity index (χ0v) is 6.98. The summed E-state index contributed by atoms with van der Waals surface area (Å²) < 4.78 is 0. The normalized spacial score (nSPS) is 0. The van der Waals surface area contributed by atoms with Crippen LogP contribution in [-0.4, -0.2) is 17.4 Å². The first-order valence-corrected chi connectivity index (χ1v) is 0. The van der Waals surface area contributed by atoms with Gasteiger partial charge in [-0.3, -0.25) is 0 Å². The summed E-state index contributed by atoms with van der Waals surface area (Å²) in [5, 5.41) is 0. The first kappa shape index (κ1) is 63.4. The van der Waals surface area contributed by atoms with E-state index < -0.39 is 0 Å². The second-order valence-corrected chi connectivity index (χ2v) is 0. The Balaban J connectivity index is 0. The minimum Gasteiger partial charge on any atom is -1.00 e. The molecule has 0 saturated carbocycles. The minimum atomic E-state index is 0. The topological polar surface area (TPSA) is 0 Å². The van der Waals surface area contributed by atoms with Crippen molar-refractivity contribution in [3.05, 3.63) is 0 Å². The van der Waals surface area contributed by atoms with Crippen molar-refractivity contribution >= 4 is 17.4 Å². The van der Waals surface area contributed by atoms with Crippen LogP contribution in [-0.2, 0) is 18.6 Å². The molecule has 0 aliphatic heterocycles. The summed E-state index contributed by atoms with van der Waals surface area (Å²) >= 11 is 0. The van der Waals surface area contributed by atoms with Crippen LogP contribution in [0, 0.1) is 0 Å². The Kier molecular flexibility index (Phi) is 479. The van der Waals surface area contributed by atoms with Crippen LogP contribution in [0.15, 0.2) is 0 Å². The van der Waals surface area contributed by atoms with Crippen molar-refractivity contribution < 1.29 is 55.8 Å². The fraction of sp³-hybridized carbons (Fsp3) is 0. The van der Waals surface area contributed by atoms with Crippen molar-refractivity contribution in [2.75, 3.05) is 0 Å². The summed E-state index contributed by atoms with van der Waals surface area (Å²) in [6, 6.07) is 0. The Morgan fingerprint density at radius 1 is 0.600 bits per heavy atom. The van der Waals surface area contributed by atoms with E-state index in [1.54, 1.807) is 0 Å². The zero-order chi connectivity index (χ0) is 0. The van der Waals surface area contributed by atoms with Crippen molar-refractivity contribution in [3.8, 4) is 0 Å². The second kappa shape index (κ2) is 37.7. The molecular weight excluding hydrogens is 184 g/mol. The van der Waals surface area contributed by atoms with Gasteiger partial charge in [-0.15, -0.1) is 0 Å². The summed E-state index contributed by atoms with van der Waals surface area (Å²) in [6.45, 7) is 0. The van der Waals surface area contributed by atoms with E-state index in [9.17, 15) is 0 Å². The Labute approximate surface area is 72.7 Å². The molecule has 0 bridgehead atoms. The molecule has 0 aromatic carbocycles. The molecule has 29 valence electrons. The van der Waals surface area contributed by atoms with Crippen LogP contribution in [0.3, 0.4) is 0 Å². The van der Waals surface area contributed by atoms with Gasteiger partial charge in [-0.25, -0.2) is 0 Å². The van der Waals surface area contributed by atoms with Gasteiger partial charge in [0, 0.05) is 18.6 Å². The van der Waals surface area contributed by atoms with E-state index in [-0.39, 0.29) is 73.1 Å². The number of halogens is 3. The molecule has 0 N–H and O–H groups in total.